The summed E-state index contributed by atoms with van der Waals surface area (Å²) in [6.45, 7) is 8.88. The Balaban J connectivity index is 3.10. The molecule has 8 nitrogen and oxygen atoms in total. The van der Waals surface area contributed by atoms with Crippen LogP contribution < -0.4 is 15.8 Å². The highest BCUT2D eigenvalue weighted by atomic mass is 79.9. The molecule has 1 aromatic rings. The molecule has 3 N–H and O–H groups in total. The topological polar surface area (TPSA) is 108 Å². The molecule has 0 unspecified atom stereocenters. The average molecular weight is 363 g/mol. The van der Waals surface area contributed by atoms with Gasteiger partial charge in [-0.05, 0) is 50.5 Å². The maximum absolute atomic E-state index is 11.8. The van der Waals surface area contributed by atoms with Crippen molar-refractivity contribution in [3.05, 3.63) is 4.60 Å². The number of amides is 2. The van der Waals surface area contributed by atoms with Gasteiger partial charge in [-0.2, -0.15) is 5.10 Å². The number of nitrogens with zero attached hydrogens (tertiary/aromatic N) is 2. The molecule has 2 amide bonds. The first kappa shape index (κ1) is 17.3. The zero-order valence-electron chi connectivity index (χ0n) is 12.6. The van der Waals surface area contributed by atoms with Gasteiger partial charge in [0, 0.05) is 0 Å². The highest BCUT2D eigenvalue weighted by Crippen LogP contribution is 2.35. The van der Waals surface area contributed by atoms with Gasteiger partial charge in [0.05, 0.1) is 6.04 Å². The van der Waals surface area contributed by atoms with Gasteiger partial charge in [-0.25, -0.2) is 14.3 Å². The zero-order chi connectivity index (χ0) is 16.4. The van der Waals surface area contributed by atoms with E-state index >= 15 is 0 Å². The van der Waals surface area contributed by atoms with E-state index < -0.39 is 17.8 Å². The van der Waals surface area contributed by atoms with E-state index in [1.165, 1.54) is 4.68 Å². The molecule has 1 heterocycles. The van der Waals surface area contributed by atoms with Crippen LogP contribution in [0.15, 0.2) is 4.60 Å². The van der Waals surface area contributed by atoms with E-state index in [-0.39, 0.29) is 17.6 Å². The number of nitrogens with two attached hydrogens (primary N) is 1. The number of nitrogens with one attached hydrogen (secondary N) is 1. The number of aromatic nitrogens is 2. The first-order valence-electron chi connectivity index (χ1n) is 6.26. The molecule has 21 heavy (non-hydrogen) atoms. The fourth-order valence-corrected chi connectivity index (χ4v) is 1.89. The predicted octanol–water partition coefficient (Wildman–Crippen LogP) is 3.03. The van der Waals surface area contributed by atoms with Crippen molar-refractivity contribution in [2.24, 2.45) is 5.73 Å². The van der Waals surface area contributed by atoms with E-state index in [1.54, 1.807) is 20.8 Å². The van der Waals surface area contributed by atoms with Gasteiger partial charge < -0.3 is 15.2 Å². The Morgan fingerprint density at radius 2 is 1.95 bits per heavy atom. The highest BCUT2D eigenvalue weighted by Gasteiger charge is 2.25. The number of carbonyl (C=O) groups is 2. The maximum Gasteiger partial charge on any atom is 0.412 e. The number of hydrogen-bond donors (Lipinski definition) is 2. The highest BCUT2D eigenvalue weighted by molar-refractivity contribution is 9.10. The fraction of sp³-hybridized carbons (Fsp3) is 0.583. The van der Waals surface area contributed by atoms with Crippen LogP contribution in [0, 0.1) is 0 Å². The lowest BCUT2D eigenvalue weighted by Crippen LogP contribution is -2.27. The molecule has 0 atom stereocenters. The Kier molecular flexibility index (Phi) is 5.21. The average Bonchev–Trinajstić information content (AvgIpc) is 2.54. The second-order valence-electron chi connectivity index (χ2n) is 5.56. The van der Waals surface area contributed by atoms with Crippen LogP contribution in [0.1, 0.15) is 40.7 Å². The van der Waals surface area contributed by atoms with Crippen molar-refractivity contribution < 1.29 is 19.1 Å². The lowest BCUT2D eigenvalue weighted by atomic mass is 10.2. The molecule has 0 aromatic carbocycles. The normalized spacial score (nSPS) is 11.4. The second kappa shape index (κ2) is 6.33. The summed E-state index contributed by atoms with van der Waals surface area (Å²) >= 11 is 3.20. The van der Waals surface area contributed by atoms with Crippen LogP contribution in [0.4, 0.5) is 15.3 Å². The van der Waals surface area contributed by atoms with Gasteiger partial charge >= 0.3 is 12.2 Å². The van der Waals surface area contributed by atoms with E-state index in [1.807, 2.05) is 13.8 Å². The van der Waals surface area contributed by atoms with E-state index in [9.17, 15) is 9.59 Å². The molecule has 0 saturated heterocycles. The van der Waals surface area contributed by atoms with Crippen LogP contribution in [0.25, 0.3) is 0 Å². The minimum Gasteiger partial charge on any atom is -0.444 e. The lowest BCUT2D eigenvalue weighted by Gasteiger charge is -2.19. The molecule has 0 aliphatic carbocycles. The Labute approximate surface area is 131 Å². The van der Waals surface area contributed by atoms with Crippen LogP contribution in [0.3, 0.4) is 0 Å². The Bertz CT molecular complexity index is 548. The van der Waals surface area contributed by atoms with Gasteiger partial charge in [0.25, 0.3) is 0 Å². The van der Waals surface area contributed by atoms with Crippen molar-refractivity contribution in [1.29, 1.82) is 0 Å². The van der Waals surface area contributed by atoms with Gasteiger partial charge in [-0.1, -0.05) is 0 Å². The largest absolute Gasteiger partial charge is 0.444 e. The third-order valence-electron chi connectivity index (χ3n) is 2.14. The number of anilines is 1. The number of carbonyl (C=O) groups excluding carboxylic acids is 2. The third kappa shape index (κ3) is 4.92. The van der Waals surface area contributed by atoms with Crippen LogP contribution in [-0.4, -0.2) is 27.6 Å². The lowest BCUT2D eigenvalue weighted by molar-refractivity contribution is 0.0635. The summed E-state index contributed by atoms with van der Waals surface area (Å²) in [4.78, 5) is 22.9. The summed E-state index contributed by atoms with van der Waals surface area (Å²) in [6.07, 6.45) is -1.70. The second-order valence-corrected chi connectivity index (χ2v) is 6.31. The van der Waals surface area contributed by atoms with E-state index in [4.69, 9.17) is 15.2 Å². The van der Waals surface area contributed by atoms with Gasteiger partial charge in [-0.3, -0.25) is 5.32 Å². The Morgan fingerprint density at radius 3 is 2.38 bits per heavy atom. The van der Waals surface area contributed by atoms with Gasteiger partial charge in [-0.15, -0.1) is 0 Å². The molecule has 0 fully saturated rings. The molecule has 0 saturated carbocycles. The van der Waals surface area contributed by atoms with Crippen molar-refractivity contribution in [3.8, 4) is 5.88 Å². The number of hydrogen-bond acceptors (Lipinski definition) is 5. The molecule has 118 valence electrons. The molecule has 1 aromatic heterocycles. The molecule has 9 heteroatoms. The molecule has 0 radical (unpaired) electrons. The summed E-state index contributed by atoms with van der Waals surface area (Å²) in [7, 11) is 0. The standard InChI is InChI=1S/C12H19BrN4O4/c1-6(2)17-9(20-10(14)18)7(8(13)16-17)15-11(19)21-12(3,4)5/h6H,1-5H3,(H2,14,18)(H,15,19). The van der Waals surface area contributed by atoms with E-state index in [0.29, 0.717) is 4.60 Å². The third-order valence-corrected chi connectivity index (χ3v) is 2.69. The molecule has 0 aliphatic rings. The van der Waals surface area contributed by atoms with Crippen LogP contribution >= 0.6 is 15.9 Å². The van der Waals surface area contributed by atoms with Crippen LogP contribution in [0.5, 0.6) is 5.88 Å². The van der Waals surface area contributed by atoms with Crippen LogP contribution in [-0.2, 0) is 4.74 Å². The van der Waals surface area contributed by atoms with E-state index in [0.717, 1.165) is 0 Å². The summed E-state index contributed by atoms with van der Waals surface area (Å²) in [5, 5.41) is 6.63. The quantitative estimate of drug-likeness (QED) is 0.858. The monoisotopic (exact) mass is 362 g/mol. The van der Waals surface area contributed by atoms with Crippen molar-refractivity contribution in [1.82, 2.24) is 9.78 Å². The predicted molar refractivity (Wildman–Crippen MR) is 80.4 cm³/mol. The molecule has 1 rings (SSSR count). The Hall–Kier alpha value is -1.77. The summed E-state index contributed by atoms with van der Waals surface area (Å²) < 4.78 is 11.8. The van der Waals surface area contributed by atoms with Crippen molar-refractivity contribution >= 4 is 33.8 Å². The van der Waals surface area contributed by atoms with Gasteiger partial charge in [0.2, 0.25) is 5.88 Å². The fourth-order valence-electron chi connectivity index (χ4n) is 1.45. The smallest absolute Gasteiger partial charge is 0.412 e. The SMILES string of the molecule is CC(C)n1nc(Br)c(NC(=O)OC(C)(C)C)c1OC(N)=O. The molecular weight excluding hydrogens is 344 g/mol. The molecular formula is C12H19BrN4O4. The van der Waals surface area contributed by atoms with Crippen molar-refractivity contribution in [2.75, 3.05) is 5.32 Å². The maximum atomic E-state index is 11.8. The number of rotatable bonds is 3. The molecule has 0 aliphatic heterocycles. The Morgan fingerprint density at radius 1 is 1.38 bits per heavy atom. The van der Waals surface area contributed by atoms with Crippen LogP contribution in [0.2, 0.25) is 0 Å². The zero-order valence-corrected chi connectivity index (χ0v) is 14.1. The van der Waals surface area contributed by atoms with E-state index in [2.05, 4.69) is 26.3 Å². The minimum atomic E-state index is -1.00. The summed E-state index contributed by atoms with van der Waals surface area (Å²) in [5.41, 5.74) is 4.56. The summed E-state index contributed by atoms with van der Waals surface area (Å²) in [6, 6.07) is -0.107. The molecule has 0 spiro atoms. The van der Waals surface area contributed by atoms with Crippen molar-refractivity contribution in [2.45, 2.75) is 46.3 Å². The minimum absolute atomic E-state index is 0.0373. The van der Waals surface area contributed by atoms with Crippen molar-refractivity contribution in [3.63, 3.8) is 0 Å². The first-order chi connectivity index (χ1) is 9.51. The van der Waals surface area contributed by atoms with Gasteiger partial charge in [0.1, 0.15) is 11.3 Å². The van der Waals surface area contributed by atoms with Gasteiger partial charge in [0.15, 0.2) is 4.60 Å². The summed E-state index contributed by atoms with van der Waals surface area (Å²) in [5.74, 6) is 0.0373. The first-order valence-corrected chi connectivity index (χ1v) is 7.06. The number of halogens is 1. The molecule has 0 bridgehead atoms. The number of ether oxygens (including phenoxy) is 2. The number of primary amides is 1.